The van der Waals surface area contributed by atoms with E-state index in [2.05, 4.69) is 0 Å². The lowest BCUT2D eigenvalue weighted by molar-refractivity contribution is 0.0629. The van der Waals surface area contributed by atoms with Gasteiger partial charge in [-0.25, -0.2) is 4.79 Å². The van der Waals surface area contributed by atoms with Crippen molar-refractivity contribution in [1.82, 2.24) is 0 Å². The van der Waals surface area contributed by atoms with E-state index in [4.69, 9.17) is 4.74 Å². The second kappa shape index (κ2) is 5.82. The maximum Gasteiger partial charge on any atom is 0.343 e. The van der Waals surface area contributed by atoms with Gasteiger partial charge in [-0.05, 0) is 30.7 Å². The Bertz CT molecular complexity index is 542. The normalized spacial score (nSPS) is 11.1. The van der Waals surface area contributed by atoms with Gasteiger partial charge < -0.3 is 4.74 Å². The summed E-state index contributed by atoms with van der Waals surface area (Å²) >= 11 is 0. The Balaban J connectivity index is 2.06. The lowest BCUT2D eigenvalue weighted by atomic mass is 10.2. The van der Waals surface area contributed by atoms with Crippen LogP contribution in [0.25, 0.3) is 6.08 Å². The molecule has 0 spiro atoms. The molecule has 0 fully saturated rings. The summed E-state index contributed by atoms with van der Waals surface area (Å²) in [7, 11) is 0. The fourth-order valence-corrected chi connectivity index (χ4v) is 1.59. The third-order valence-corrected chi connectivity index (χ3v) is 2.43. The highest BCUT2D eigenvalue weighted by Gasteiger charge is 2.06. The molecule has 0 saturated heterocycles. The molecule has 0 amide bonds. The minimum Gasteiger partial charge on any atom is -0.428 e. The molecule has 0 heterocycles. The summed E-state index contributed by atoms with van der Waals surface area (Å²) < 4.78 is 5.26. The zero-order chi connectivity index (χ0) is 12.8. The van der Waals surface area contributed by atoms with Gasteiger partial charge in [0.05, 0.1) is 5.56 Å². The van der Waals surface area contributed by atoms with Crippen molar-refractivity contribution in [3.63, 3.8) is 0 Å². The number of carbonyl (C=O) groups excluding carboxylic acids is 1. The van der Waals surface area contributed by atoms with E-state index in [1.165, 1.54) is 0 Å². The van der Waals surface area contributed by atoms with Crippen molar-refractivity contribution in [2.75, 3.05) is 0 Å². The number of hydrogen-bond acceptors (Lipinski definition) is 2. The largest absolute Gasteiger partial charge is 0.428 e. The van der Waals surface area contributed by atoms with Gasteiger partial charge in [-0.2, -0.15) is 0 Å². The number of rotatable bonds is 3. The monoisotopic (exact) mass is 238 g/mol. The smallest absolute Gasteiger partial charge is 0.343 e. The van der Waals surface area contributed by atoms with Crippen LogP contribution >= 0.6 is 0 Å². The Kier molecular flexibility index (Phi) is 3.92. The minimum absolute atomic E-state index is 0.333. The van der Waals surface area contributed by atoms with E-state index in [0.29, 0.717) is 11.3 Å². The third kappa shape index (κ3) is 3.32. The van der Waals surface area contributed by atoms with E-state index < -0.39 is 0 Å². The van der Waals surface area contributed by atoms with Crippen LogP contribution < -0.4 is 0 Å². The Morgan fingerprint density at radius 3 is 2.11 bits per heavy atom. The molecule has 2 rings (SSSR count). The summed E-state index contributed by atoms with van der Waals surface area (Å²) in [6.07, 6.45) is 1.83. The molecule has 18 heavy (non-hydrogen) atoms. The first-order valence-corrected chi connectivity index (χ1v) is 5.76. The fraction of sp³-hybridized carbons (Fsp3) is 0.0625. The molecule has 0 aliphatic rings. The quantitative estimate of drug-likeness (QED) is 0.598. The van der Waals surface area contributed by atoms with Crippen LogP contribution in [0.2, 0.25) is 0 Å². The van der Waals surface area contributed by atoms with Gasteiger partial charge in [-0.15, -0.1) is 0 Å². The molecule has 2 aromatic carbocycles. The lowest BCUT2D eigenvalue weighted by Gasteiger charge is -2.04. The lowest BCUT2D eigenvalue weighted by Crippen LogP contribution is -2.03. The van der Waals surface area contributed by atoms with Crippen LogP contribution in [0.1, 0.15) is 22.8 Å². The zero-order valence-corrected chi connectivity index (χ0v) is 10.2. The van der Waals surface area contributed by atoms with Crippen molar-refractivity contribution in [2.45, 2.75) is 6.92 Å². The average Bonchev–Trinajstić information content (AvgIpc) is 2.40. The second-order valence-corrected chi connectivity index (χ2v) is 3.92. The number of ether oxygens (including phenoxy) is 1. The van der Waals surface area contributed by atoms with Crippen LogP contribution in [-0.2, 0) is 4.74 Å². The van der Waals surface area contributed by atoms with Crippen molar-refractivity contribution in [1.29, 1.82) is 0 Å². The Labute approximate surface area is 107 Å². The van der Waals surface area contributed by atoms with E-state index in [9.17, 15) is 4.79 Å². The number of carbonyl (C=O) groups is 1. The summed E-state index contributed by atoms with van der Waals surface area (Å²) in [5.41, 5.74) is 1.56. The highest BCUT2D eigenvalue weighted by molar-refractivity contribution is 5.90. The van der Waals surface area contributed by atoms with Crippen LogP contribution in [-0.4, -0.2) is 5.97 Å². The molecule has 2 heteroatoms. The Morgan fingerprint density at radius 1 is 0.944 bits per heavy atom. The molecule has 0 unspecified atom stereocenters. The average molecular weight is 238 g/mol. The van der Waals surface area contributed by atoms with Crippen LogP contribution in [0.3, 0.4) is 0 Å². The molecule has 0 saturated carbocycles. The summed E-state index contributed by atoms with van der Waals surface area (Å²) in [5, 5.41) is 0. The van der Waals surface area contributed by atoms with Crippen molar-refractivity contribution < 1.29 is 9.53 Å². The summed E-state index contributed by atoms with van der Waals surface area (Å²) in [6.45, 7) is 1.77. The van der Waals surface area contributed by atoms with Crippen LogP contribution in [0.5, 0.6) is 0 Å². The van der Waals surface area contributed by atoms with E-state index in [0.717, 1.165) is 5.56 Å². The van der Waals surface area contributed by atoms with Crippen LogP contribution in [0.4, 0.5) is 0 Å². The first-order chi connectivity index (χ1) is 8.75. The number of hydrogen-bond donors (Lipinski definition) is 0. The highest BCUT2D eigenvalue weighted by Crippen LogP contribution is 2.10. The number of benzene rings is 2. The number of allylic oxidation sites excluding steroid dienone is 1. The molecule has 2 aromatic rings. The third-order valence-electron chi connectivity index (χ3n) is 2.43. The SMILES string of the molecule is C/C(=C\c1ccccc1)OC(=O)c1ccccc1. The van der Waals surface area contributed by atoms with Crippen molar-refractivity contribution >= 4 is 12.0 Å². The van der Waals surface area contributed by atoms with Crippen LogP contribution in [0, 0.1) is 0 Å². The molecular weight excluding hydrogens is 224 g/mol. The Morgan fingerprint density at radius 2 is 1.50 bits per heavy atom. The van der Waals surface area contributed by atoms with E-state index in [-0.39, 0.29) is 5.97 Å². The van der Waals surface area contributed by atoms with Gasteiger partial charge in [0.2, 0.25) is 0 Å². The van der Waals surface area contributed by atoms with Gasteiger partial charge in [-0.1, -0.05) is 48.5 Å². The highest BCUT2D eigenvalue weighted by atomic mass is 16.5. The van der Waals surface area contributed by atoms with Gasteiger partial charge in [0.25, 0.3) is 0 Å². The maximum atomic E-state index is 11.8. The Hall–Kier alpha value is -2.35. The molecule has 0 aliphatic carbocycles. The van der Waals surface area contributed by atoms with Gasteiger partial charge in [0, 0.05) is 0 Å². The standard InChI is InChI=1S/C16H14O2/c1-13(12-14-8-4-2-5-9-14)18-16(17)15-10-6-3-7-11-15/h2-12H,1H3/b13-12+. The molecule has 0 N–H and O–H groups in total. The fourth-order valence-electron chi connectivity index (χ4n) is 1.59. The topological polar surface area (TPSA) is 26.3 Å². The molecule has 0 aliphatic heterocycles. The van der Waals surface area contributed by atoms with E-state index in [1.54, 1.807) is 19.1 Å². The van der Waals surface area contributed by atoms with E-state index >= 15 is 0 Å². The van der Waals surface area contributed by atoms with Crippen LogP contribution in [0.15, 0.2) is 66.4 Å². The molecule has 0 bridgehead atoms. The van der Waals surface area contributed by atoms with Gasteiger partial charge in [0.1, 0.15) is 5.76 Å². The molecule has 0 atom stereocenters. The van der Waals surface area contributed by atoms with Gasteiger partial charge in [-0.3, -0.25) is 0 Å². The summed E-state index contributed by atoms with van der Waals surface area (Å²) in [6, 6.07) is 18.7. The van der Waals surface area contributed by atoms with Crippen molar-refractivity contribution in [3.8, 4) is 0 Å². The molecular formula is C16H14O2. The van der Waals surface area contributed by atoms with Gasteiger partial charge >= 0.3 is 5.97 Å². The summed E-state index contributed by atoms with van der Waals surface area (Å²) in [5.74, 6) is 0.246. The number of esters is 1. The molecule has 2 nitrogen and oxygen atoms in total. The van der Waals surface area contributed by atoms with Gasteiger partial charge in [0.15, 0.2) is 0 Å². The minimum atomic E-state index is -0.333. The summed E-state index contributed by atoms with van der Waals surface area (Å²) in [4.78, 5) is 11.8. The second-order valence-electron chi connectivity index (χ2n) is 3.92. The molecule has 0 aromatic heterocycles. The molecule has 90 valence electrons. The zero-order valence-electron chi connectivity index (χ0n) is 10.2. The molecule has 0 radical (unpaired) electrons. The predicted molar refractivity (Wildman–Crippen MR) is 72.0 cm³/mol. The maximum absolute atomic E-state index is 11.8. The first kappa shape index (κ1) is 12.1. The van der Waals surface area contributed by atoms with E-state index in [1.807, 2.05) is 54.6 Å². The first-order valence-electron chi connectivity index (χ1n) is 5.76. The van der Waals surface area contributed by atoms with Crippen molar-refractivity contribution in [2.24, 2.45) is 0 Å². The van der Waals surface area contributed by atoms with Crippen molar-refractivity contribution in [3.05, 3.63) is 77.5 Å². The predicted octanol–water partition coefficient (Wildman–Crippen LogP) is 3.90.